The third-order valence-corrected chi connectivity index (χ3v) is 6.13. The Hall–Kier alpha value is -3.82. The molecule has 0 saturated heterocycles. The lowest BCUT2D eigenvalue weighted by atomic mass is 9.92. The Balaban J connectivity index is 1.64. The van der Waals surface area contributed by atoms with E-state index in [1.807, 2.05) is 92.7 Å². The Morgan fingerprint density at radius 3 is 2.45 bits per heavy atom. The molecule has 0 N–H and O–H groups in total. The maximum Gasteiger partial charge on any atom is 0.188 e. The minimum absolute atomic E-state index is 0.120. The molecule has 0 unspecified atom stereocenters. The van der Waals surface area contributed by atoms with Crippen molar-refractivity contribution in [2.45, 2.75) is 13.8 Å². The lowest BCUT2D eigenvalue weighted by molar-refractivity contribution is 0.104. The van der Waals surface area contributed by atoms with Crippen LogP contribution in [0.2, 0.25) is 5.15 Å². The smallest absolute Gasteiger partial charge is 0.188 e. The Morgan fingerprint density at radius 1 is 0.879 bits per heavy atom. The van der Waals surface area contributed by atoms with Gasteiger partial charge in [-0.15, -0.1) is 0 Å². The van der Waals surface area contributed by atoms with Crippen molar-refractivity contribution in [2.24, 2.45) is 0 Å². The van der Waals surface area contributed by atoms with Crippen molar-refractivity contribution in [3.8, 4) is 11.1 Å². The monoisotopic (exact) mass is 448 g/mol. The van der Waals surface area contributed by atoms with Crippen LogP contribution >= 0.6 is 11.6 Å². The molecule has 0 radical (unpaired) electrons. The van der Waals surface area contributed by atoms with Crippen LogP contribution in [0.1, 0.15) is 27.2 Å². The van der Waals surface area contributed by atoms with Crippen LogP contribution in [0.15, 0.2) is 84.9 Å². The van der Waals surface area contributed by atoms with Crippen molar-refractivity contribution < 1.29 is 4.79 Å². The van der Waals surface area contributed by atoms with E-state index in [0.29, 0.717) is 22.0 Å². The van der Waals surface area contributed by atoms with Gasteiger partial charge in [-0.25, -0.2) is 4.98 Å². The highest BCUT2D eigenvalue weighted by atomic mass is 35.5. The van der Waals surface area contributed by atoms with Gasteiger partial charge in [0, 0.05) is 27.6 Å². The first-order valence-corrected chi connectivity index (χ1v) is 11.1. The molecule has 5 aromatic rings. The number of hydrogen-bond donors (Lipinski definition) is 0. The highest BCUT2D eigenvalue weighted by Crippen LogP contribution is 2.33. The minimum Gasteiger partial charge on any atom is -0.289 e. The number of allylic oxidation sites excluding steroid dienone is 1. The zero-order chi connectivity index (χ0) is 22.9. The number of aromatic nitrogens is 2. The van der Waals surface area contributed by atoms with E-state index in [2.05, 4.69) is 4.98 Å². The van der Waals surface area contributed by atoms with E-state index in [0.717, 1.165) is 38.5 Å². The number of aryl methyl sites for hydroxylation is 2. The fraction of sp³-hybridized carbons (Fsp3) is 0.0690. The molecule has 0 bridgehead atoms. The third-order valence-electron chi connectivity index (χ3n) is 5.82. The first kappa shape index (κ1) is 21.0. The predicted octanol–water partition coefficient (Wildman–Crippen LogP) is 7.62. The molecule has 2 aromatic heterocycles. The number of carbonyl (C=O) groups excluding carboxylic acids is 1. The Morgan fingerprint density at radius 2 is 1.64 bits per heavy atom. The second kappa shape index (κ2) is 8.61. The van der Waals surface area contributed by atoms with Crippen LogP contribution in [0.25, 0.3) is 39.0 Å². The van der Waals surface area contributed by atoms with Gasteiger partial charge in [-0.2, -0.15) is 0 Å². The first-order valence-electron chi connectivity index (χ1n) is 10.8. The number of fused-ring (bicyclic) bond motifs is 2. The lowest BCUT2D eigenvalue weighted by Gasteiger charge is -2.14. The van der Waals surface area contributed by atoms with Crippen LogP contribution < -0.4 is 0 Å². The van der Waals surface area contributed by atoms with E-state index in [4.69, 9.17) is 16.6 Å². The largest absolute Gasteiger partial charge is 0.289 e. The van der Waals surface area contributed by atoms with Gasteiger partial charge in [-0.3, -0.25) is 9.78 Å². The molecular weight excluding hydrogens is 428 g/mol. The fourth-order valence-corrected chi connectivity index (χ4v) is 4.45. The molecule has 0 aliphatic carbocycles. The Kier molecular flexibility index (Phi) is 5.49. The molecule has 3 nitrogen and oxygen atoms in total. The molecule has 0 aliphatic rings. The summed E-state index contributed by atoms with van der Waals surface area (Å²) in [5.41, 5.74) is 6.67. The van der Waals surface area contributed by atoms with Gasteiger partial charge in [0.1, 0.15) is 5.15 Å². The number of nitrogens with zero attached hydrogens (tertiary/aromatic N) is 2. The van der Waals surface area contributed by atoms with Crippen molar-refractivity contribution in [3.63, 3.8) is 0 Å². The Labute approximate surface area is 197 Å². The van der Waals surface area contributed by atoms with Crippen molar-refractivity contribution in [1.82, 2.24) is 9.97 Å². The number of benzene rings is 3. The normalized spacial score (nSPS) is 11.5. The molecule has 0 fully saturated rings. The van der Waals surface area contributed by atoms with Gasteiger partial charge < -0.3 is 0 Å². The molecule has 4 heteroatoms. The number of ketones is 1. The lowest BCUT2D eigenvalue weighted by Crippen LogP contribution is -2.05. The van der Waals surface area contributed by atoms with Gasteiger partial charge >= 0.3 is 0 Å². The molecule has 0 atom stereocenters. The van der Waals surface area contributed by atoms with E-state index in [1.165, 1.54) is 0 Å². The highest BCUT2D eigenvalue weighted by molar-refractivity contribution is 6.31. The van der Waals surface area contributed by atoms with Crippen molar-refractivity contribution >= 4 is 45.3 Å². The van der Waals surface area contributed by atoms with Crippen molar-refractivity contribution in [3.05, 3.63) is 112 Å². The molecular formula is C29H21ClN2O. The zero-order valence-electron chi connectivity index (χ0n) is 18.3. The highest BCUT2D eigenvalue weighted by Gasteiger charge is 2.19. The molecule has 33 heavy (non-hydrogen) atoms. The second-order valence-electron chi connectivity index (χ2n) is 8.04. The summed E-state index contributed by atoms with van der Waals surface area (Å²) in [6.45, 7) is 3.89. The number of para-hydroxylation sites is 2. The van der Waals surface area contributed by atoms with Crippen LogP contribution in [0.5, 0.6) is 0 Å². The molecule has 5 rings (SSSR count). The average molecular weight is 449 g/mol. The molecule has 0 saturated carbocycles. The number of halogens is 1. The minimum atomic E-state index is -0.120. The van der Waals surface area contributed by atoms with Gasteiger partial charge in [-0.1, -0.05) is 78.3 Å². The number of carbonyl (C=O) groups is 1. The predicted molar refractivity (Wildman–Crippen MR) is 137 cm³/mol. The summed E-state index contributed by atoms with van der Waals surface area (Å²) in [4.78, 5) is 22.8. The summed E-state index contributed by atoms with van der Waals surface area (Å²) in [6.07, 6.45) is 3.30. The fourth-order valence-electron chi connectivity index (χ4n) is 4.25. The molecule has 2 heterocycles. The summed E-state index contributed by atoms with van der Waals surface area (Å²) in [6, 6.07) is 25.8. The van der Waals surface area contributed by atoms with E-state index in [1.54, 1.807) is 12.2 Å². The maximum atomic E-state index is 13.5. The van der Waals surface area contributed by atoms with E-state index >= 15 is 0 Å². The summed E-state index contributed by atoms with van der Waals surface area (Å²) in [5, 5.41) is 2.31. The topological polar surface area (TPSA) is 42.9 Å². The molecule has 0 aliphatic heterocycles. The summed E-state index contributed by atoms with van der Waals surface area (Å²) in [5.74, 6) is -0.120. The van der Waals surface area contributed by atoms with Gasteiger partial charge in [0.15, 0.2) is 5.78 Å². The standard InChI is InChI=1S/C29H21ClN2O/c1-18-9-8-12-21-17-22(29(30)32-28(18)21)15-16-25(33)26-19(2)31-24-14-7-6-13-23(24)27(26)20-10-4-3-5-11-20/h3-17H,1-2H3/b16-15+. The molecule has 0 amide bonds. The van der Waals surface area contributed by atoms with Crippen LogP contribution in [-0.2, 0) is 0 Å². The van der Waals surface area contributed by atoms with Crippen molar-refractivity contribution in [1.29, 1.82) is 0 Å². The molecule has 160 valence electrons. The average Bonchev–Trinajstić information content (AvgIpc) is 2.83. The second-order valence-corrected chi connectivity index (χ2v) is 8.40. The summed E-state index contributed by atoms with van der Waals surface area (Å²) >= 11 is 6.46. The number of hydrogen-bond acceptors (Lipinski definition) is 3. The van der Waals surface area contributed by atoms with Crippen LogP contribution in [0.3, 0.4) is 0 Å². The number of pyridine rings is 2. The Bertz CT molecular complexity index is 1560. The summed E-state index contributed by atoms with van der Waals surface area (Å²) < 4.78 is 0. The maximum absolute atomic E-state index is 13.5. The van der Waals surface area contributed by atoms with Crippen LogP contribution in [-0.4, -0.2) is 15.8 Å². The SMILES string of the molecule is Cc1nc2ccccc2c(-c2ccccc2)c1C(=O)/C=C/c1cc2cccc(C)c2nc1Cl. The van der Waals surface area contributed by atoms with E-state index in [-0.39, 0.29) is 5.78 Å². The number of rotatable bonds is 4. The van der Waals surface area contributed by atoms with E-state index < -0.39 is 0 Å². The zero-order valence-corrected chi connectivity index (χ0v) is 19.1. The van der Waals surface area contributed by atoms with Gasteiger partial charge in [0.25, 0.3) is 0 Å². The molecule has 3 aromatic carbocycles. The quantitative estimate of drug-likeness (QED) is 0.161. The van der Waals surface area contributed by atoms with Crippen LogP contribution in [0, 0.1) is 13.8 Å². The van der Waals surface area contributed by atoms with Gasteiger partial charge in [0.2, 0.25) is 0 Å². The van der Waals surface area contributed by atoms with Crippen molar-refractivity contribution in [2.75, 3.05) is 0 Å². The van der Waals surface area contributed by atoms with Gasteiger partial charge in [-0.05, 0) is 49.3 Å². The van der Waals surface area contributed by atoms with E-state index in [9.17, 15) is 4.79 Å². The van der Waals surface area contributed by atoms with Gasteiger partial charge in [0.05, 0.1) is 16.6 Å². The third kappa shape index (κ3) is 3.92. The first-order chi connectivity index (χ1) is 16.0. The summed E-state index contributed by atoms with van der Waals surface area (Å²) in [7, 11) is 0. The van der Waals surface area contributed by atoms with Crippen LogP contribution in [0.4, 0.5) is 0 Å². The molecule has 0 spiro atoms.